The Morgan fingerprint density at radius 2 is 1.52 bits per heavy atom. The SMILES string of the molecule is c1ccc(Cc2noc(CNc3ccccc3Sc3ccccc3)n2)cc1. The molecular weight excluding hydrogens is 354 g/mol. The minimum Gasteiger partial charge on any atom is -0.375 e. The van der Waals surface area contributed by atoms with E-state index in [1.54, 1.807) is 11.8 Å². The van der Waals surface area contributed by atoms with Crippen LogP contribution in [0.15, 0.2) is 99.2 Å². The molecule has 5 heteroatoms. The van der Waals surface area contributed by atoms with Crippen LogP contribution in [-0.2, 0) is 13.0 Å². The van der Waals surface area contributed by atoms with E-state index in [2.05, 4.69) is 51.9 Å². The maximum Gasteiger partial charge on any atom is 0.245 e. The number of nitrogens with one attached hydrogen (secondary N) is 1. The van der Waals surface area contributed by atoms with Crippen molar-refractivity contribution in [1.29, 1.82) is 0 Å². The Hall–Kier alpha value is -3.05. The first-order chi connectivity index (χ1) is 13.4. The standard InChI is InChI=1S/C22H19N3OS/c1-3-9-17(10-4-1)15-21-24-22(26-25-21)16-23-19-13-7-8-14-20(19)27-18-11-5-2-6-12-18/h1-14,23H,15-16H2. The zero-order valence-electron chi connectivity index (χ0n) is 14.7. The molecule has 4 rings (SSSR count). The summed E-state index contributed by atoms with van der Waals surface area (Å²) in [7, 11) is 0. The first-order valence-electron chi connectivity index (χ1n) is 8.78. The van der Waals surface area contributed by atoms with Crippen molar-refractivity contribution in [2.75, 3.05) is 5.32 Å². The predicted octanol–water partition coefficient (Wildman–Crippen LogP) is 5.42. The number of aromatic nitrogens is 2. The van der Waals surface area contributed by atoms with Crippen LogP contribution in [0.1, 0.15) is 17.3 Å². The van der Waals surface area contributed by atoms with Gasteiger partial charge in [-0.3, -0.25) is 0 Å². The van der Waals surface area contributed by atoms with E-state index in [0.717, 1.165) is 10.6 Å². The van der Waals surface area contributed by atoms with Crippen molar-refractivity contribution in [2.24, 2.45) is 0 Å². The van der Waals surface area contributed by atoms with Gasteiger partial charge in [0.05, 0.1) is 6.54 Å². The maximum atomic E-state index is 5.39. The highest BCUT2D eigenvalue weighted by atomic mass is 32.2. The van der Waals surface area contributed by atoms with Crippen LogP contribution in [0, 0.1) is 0 Å². The topological polar surface area (TPSA) is 51.0 Å². The molecule has 0 aliphatic rings. The molecule has 134 valence electrons. The Bertz CT molecular complexity index is 987. The van der Waals surface area contributed by atoms with Gasteiger partial charge in [0.2, 0.25) is 5.89 Å². The summed E-state index contributed by atoms with van der Waals surface area (Å²) in [5.74, 6) is 1.28. The summed E-state index contributed by atoms with van der Waals surface area (Å²) in [6.45, 7) is 0.494. The van der Waals surface area contributed by atoms with Crippen LogP contribution in [0.25, 0.3) is 0 Å². The van der Waals surface area contributed by atoms with Gasteiger partial charge in [0, 0.05) is 21.9 Å². The molecule has 27 heavy (non-hydrogen) atoms. The minimum atomic E-state index is 0.494. The lowest BCUT2D eigenvalue weighted by atomic mass is 10.1. The highest BCUT2D eigenvalue weighted by Crippen LogP contribution is 2.33. The zero-order valence-corrected chi connectivity index (χ0v) is 15.5. The monoisotopic (exact) mass is 373 g/mol. The summed E-state index contributed by atoms with van der Waals surface area (Å²) in [6.07, 6.45) is 0.671. The fraction of sp³-hybridized carbons (Fsp3) is 0.0909. The third-order valence-electron chi connectivity index (χ3n) is 4.00. The second kappa shape index (κ2) is 8.56. The average molecular weight is 373 g/mol. The number of benzene rings is 3. The van der Waals surface area contributed by atoms with E-state index in [0.29, 0.717) is 24.7 Å². The van der Waals surface area contributed by atoms with E-state index >= 15 is 0 Å². The first-order valence-corrected chi connectivity index (χ1v) is 9.60. The maximum absolute atomic E-state index is 5.39. The first kappa shape index (κ1) is 17.4. The molecular formula is C22H19N3OS. The lowest BCUT2D eigenvalue weighted by Crippen LogP contribution is -2.01. The number of para-hydroxylation sites is 1. The molecule has 0 unspecified atom stereocenters. The van der Waals surface area contributed by atoms with Crippen LogP contribution in [0.3, 0.4) is 0 Å². The Kier molecular flexibility index (Phi) is 5.50. The highest BCUT2D eigenvalue weighted by molar-refractivity contribution is 7.99. The van der Waals surface area contributed by atoms with Gasteiger partial charge in [-0.2, -0.15) is 4.98 Å². The van der Waals surface area contributed by atoms with Gasteiger partial charge in [0.1, 0.15) is 0 Å². The van der Waals surface area contributed by atoms with E-state index in [1.165, 1.54) is 10.5 Å². The summed E-state index contributed by atoms with van der Waals surface area (Å²) >= 11 is 1.73. The van der Waals surface area contributed by atoms with Crippen molar-refractivity contribution in [3.8, 4) is 0 Å². The number of nitrogens with zero attached hydrogens (tertiary/aromatic N) is 2. The quantitative estimate of drug-likeness (QED) is 0.468. The molecule has 1 heterocycles. The summed E-state index contributed by atoms with van der Waals surface area (Å²) in [4.78, 5) is 6.85. The minimum absolute atomic E-state index is 0.494. The number of rotatable bonds is 7. The Balaban J connectivity index is 1.41. The van der Waals surface area contributed by atoms with Gasteiger partial charge in [-0.05, 0) is 29.8 Å². The highest BCUT2D eigenvalue weighted by Gasteiger charge is 2.09. The van der Waals surface area contributed by atoms with E-state index in [4.69, 9.17) is 4.52 Å². The molecule has 0 fully saturated rings. The molecule has 4 nitrogen and oxygen atoms in total. The zero-order chi connectivity index (χ0) is 18.3. The van der Waals surface area contributed by atoms with Crippen LogP contribution < -0.4 is 5.32 Å². The molecule has 4 aromatic rings. The van der Waals surface area contributed by atoms with Crippen LogP contribution in [0.5, 0.6) is 0 Å². The predicted molar refractivity (Wildman–Crippen MR) is 108 cm³/mol. The Morgan fingerprint density at radius 1 is 0.815 bits per heavy atom. The van der Waals surface area contributed by atoms with Gasteiger partial charge in [0.25, 0.3) is 0 Å². The second-order valence-corrected chi connectivity index (χ2v) is 7.15. The lowest BCUT2D eigenvalue weighted by Gasteiger charge is -2.10. The van der Waals surface area contributed by atoms with Gasteiger partial charge in [-0.1, -0.05) is 77.6 Å². The van der Waals surface area contributed by atoms with Crippen LogP contribution in [0.4, 0.5) is 5.69 Å². The van der Waals surface area contributed by atoms with E-state index < -0.39 is 0 Å². The molecule has 0 saturated carbocycles. The largest absolute Gasteiger partial charge is 0.375 e. The van der Waals surface area contributed by atoms with Crippen LogP contribution in [0.2, 0.25) is 0 Å². The van der Waals surface area contributed by atoms with Gasteiger partial charge in [-0.25, -0.2) is 0 Å². The second-order valence-electron chi connectivity index (χ2n) is 6.03. The fourth-order valence-corrected chi connectivity index (χ4v) is 3.64. The fourth-order valence-electron chi connectivity index (χ4n) is 2.70. The molecule has 0 saturated heterocycles. The van der Waals surface area contributed by atoms with Gasteiger partial charge in [-0.15, -0.1) is 0 Å². The summed E-state index contributed by atoms with van der Waals surface area (Å²) in [5, 5.41) is 7.49. The molecule has 0 radical (unpaired) electrons. The molecule has 0 amide bonds. The van der Waals surface area contributed by atoms with Crippen molar-refractivity contribution in [2.45, 2.75) is 22.8 Å². The van der Waals surface area contributed by atoms with Crippen LogP contribution >= 0.6 is 11.8 Å². The van der Waals surface area contributed by atoms with Crippen LogP contribution in [-0.4, -0.2) is 10.1 Å². The molecule has 0 atom stereocenters. The molecule has 0 bridgehead atoms. The summed E-state index contributed by atoms with van der Waals surface area (Å²) in [6, 6.07) is 28.7. The smallest absolute Gasteiger partial charge is 0.245 e. The normalized spacial score (nSPS) is 10.7. The molecule has 1 aromatic heterocycles. The van der Waals surface area contributed by atoms with Gasteiger partial charge in [0.15, 0.2) is 5.82 Å². The van der Waals surface area contributed by atoms with Gasteiger partial charge < -0.3 is 9.84 Å². The molecule has 0 aliphatic heterocycles. The van der Waals surface area contributed by atoms with Crippen molar-refractivity contribution in [3.63, 3.8) is 0 Å². The number of hydrogen-bond acceptors (Lipinski definition) is 5. The van der Waals surface area contributed by atoms with Crippen molar-refractivity contribution in [3.05, 3.63) is 102 Å². The lowest BCUT2D eigenvalue weighted by molar-refractivity contribution is 0.378. The molecule has 0 aliphatic carbocycles. The van der Waals surface area contributed by atoms with Gasteiger partial charge >= 0.3 is 0 Å². The average Bonchev–Trinajstić information content (AvgIpc) is 3.16. The summed E-state index contributed by atoms with van der Waals surface area (Å²) < 4.78 is 5.39. The molecule has 1 N–H and O–H groups in total. The van der Waals surface area contributed by atoms with E-state index in [-0.39, 0.29) is 0 Å². The Labute approximate surface area is 162 Å². The summed E-state index contributed by atoms with van der Waals surface area (Å²) in [5.41, 5.74) is 2.22. The third kappa shape index (κ3) is 4.77. The molecule has 3 aromatic carbocycles. The van der Waals surface area contributed by atoms with Crippen molar-refractivity contribution < 1.29 is 4.52 Å². The third-order valence-corrected chi connectivity index (χ3v) is 5.09. The van der Waals surface area contributed by atoms with E-state index in [9.17, 15) is 0 Å². The molecule has 0 spiro atoms. The van der Waals surface area contributed by atoms with Crippen molar-refractivity contribution in [1.82, 2.24) is 10.1 Å². The van der Waals surface area contributed by atoms with E-state index in [1.807, 2.05) is 48.5 Å². The number of hydrogen-bond donors (Lipinski definition) is 1. The number of anilines is 1. The Morgan fingerprint density at radius 3 is 2.33 bits per heavy atom. The van der Waals surface area contributed by atoms with Crippen molar-refractivity contribution >= 4 is 17.4 Å².